The predicted molar refractivity (Wildman–Crippen MR) is 129 cm³/mol. The number of aromatic nitrogens is 3. The number of fused-ring (bicyclic) bond motifs is 2. The van der Waals surface area contributed by atoms with Crippen molar-refractivity contribution in [2.45, 2.75) is 29.9 Å². The van der Waals surface area contributed by atoms with Crippen LogP contribution in [-0.4, -0.2) is 47.7 Å². The van der Waals surface area contributed by atoms with Crippen molar-refractivity contribution < 1.29 is 44.6 Å². The first-order valence-electron chi connectivity index (χ1n) is 11.5. The van der Waals surface area contributed by atoms with E-state index >= 15 is 0 Å². The maximum Gasteiger partial charge on any atom is 0.574 e. The lowest BCUT2D eigenvalue weighted by atomic mass is 10.1. The number of pyridine rings is 3. The normalized spacial score (nSPS) is 16.7. The van der Waals surface area contributed by atoms with Crippen LogP contribution in [0.4, 0.5) is 22.0 Å². The van der Waals surface area contributed by atoms with Gasteiger partial charge in [-0.05, 0) is 36.4 Å². The minimum Gasteiger partial charge on any atom is -0.388 e. The highest BCUT2D eigenvalue weighted by Gasteiger charge is 2.35. The summed E-state index contributed by atoms with van der Waals surface area (Å²) < 4.78 is 99.9. The molecule has 1 aliphatic rings. The molecule has 1 amide bonds. The largest absolute Gasteiger partial charge is 0.574 e. The first-order valence-corrected chi connectivity index (χ1v) is 13.0. The third kappa shape index (κ3) is 5.70. The van der Waals surface area contributed by atoms with Crippen LogP contribution < -0.4 is 10.1 Å². The molecule has 9 nitrogen and oxygen atoms in total. The van der Waals surface area contributed by atoms with Crippen molar-refractivity contribution in [3.05, 3.63) is 77.4 Å². The standard InChI is InChI=1S/C25H17F5N4O5S/c26-17-6-14(7-21-16(17)11-38-12-22(27)40(21,36)37)24(35)32-10-15-8-20-13(9-31-15)4-5-19(33-20)18-2-1-3-23(34-18)39-25(28,29)30/h1-9,22H,10-12H2,(H,32,35)/t22-/m1/s1. The second-order valence-corrected chi connectivity index (χ2v) is 10.6. The molecule has 0 spiro atoms. The fraction of sp³-hybridized carbons (Fsp3) is 0.200. The molecule has 15 heteroatoms. The molecule has 1 aromatic carbocycles. The summed E-state index contributed by atoms with van der Waals surface area (Å²) in [6, 6.07) is 10.3. The van der Waals surface area contributed by atoms with Crippen molar-refractivity contribution in [1.29, 1.82) is 0 Å². The van der Waals surface area contributed by atoms with E-state index in [-0.39, 0.29) is 29.1 Å². The summed E-state index contributed by atoms with van der Waals surface area (Å²) in [6.45, 7) is -1.40. The van der Waals surface area contributed by atoms with E-state index in [4.69, 9.17) is 4.74 Å². The number of nitrogens with zero attached hydrogens (tertiary/aromatic N) is 3. The lowest BCUT2D eigenvalue weighted by Gasteiger charge is -2.11. The molecule has 3 aromatic heterocycles. The molecule has 0 aliphatic carbocycles. The van der Waals surface area contributed by atoms with E-state index < -0.39 is 57.4 Å². The van der Waals surface area contributed by atoms with Gasteiger partial charge in [0.25, 0.3) is 5.91 Å². The van der Waals surface area contributed by atoms with Crippen LogP contribution in [0.2, 0.25) is 0 Å². The van der Waals surface area contributed by atoms with E-state index in [2.05, 4.69) is 25.0 Å². The number of hydrogen-bond acceptors (Lipinski definition) is 8. The molecule has 1 aliphatic heterocycles. The lowest BCUT2D eigenvalue weighted by Crippen LogP contribution is -2.25. The van der Waals surface area contributed by atoms with Gasteiger partial charge in [-0.3, -0.25) is 9.78 Å². The molecule has 1 N–H and O–H groups in total. The third-order valence-corrected chi connectivity index (χ3v) is 7.61. The van der Waals surface area contributed by atoms with Crippen LogP contribution in [0.5, 0.6) is 5.88 Å². The average Bonchev–Trinajstić information content (AvgIpc) is 3.01. The highest BCUT2D eigenvalue weighted by Crippen LogP contribution is 2.30. The Morgan fingerprint density at radius 3 is 2.65 bits per heavy atom. The Morgan fingerprint density at radius 2 is 1.88 bits per heavy atom. The number of nitrogens with one attached hydrogen (secondary N) is 1. The molecule has 0 saturated carbocycles. The molecular weight excluding hydrogens is 563 g/mol. The Hall–Kier alpha value is -4.24. The van der Waals surface area contributed by atoms with Crippen LogP contribution in [-0.2, 0) is 27.7 Å². The zero-order valence-corrected chi connectivity index (χ0v) is 20.9. The number of ether oxygens (including phenoxy) is 2. The fourth-order valence-electron chi connectivity index (χ4n) is 3.92. The van der Waals surface area contributed by atoms with E-state index in [9.17, 15) is 35.2 Å². The summed E-state index contributed by atoms with van der Waals surface area (Å²) >= 11 is 0. The number of hydrogen-bond donors (Lipinski definition) is 1. The maximum absolute atomic E-state index is 14.6. The second kappa shape index (κ2) is 10.4. The number of halogens is 5. The molecule has 5 rings (SSSR count). The summed E-state index contributed by atoms with van der Waals surface area (Å²) in [5.41, 5.74) is -2.04. The average molecular weight is 580 g/mol. The Labute approximate surface area is 222 Å². The van der Waals surface area contributed by atoms with Gasteiger partial charge in [-0.25, -0.2) is 27.2 Å². The van der Waals surface area contributed by atoms with Gasteiger partial charge in [0.1, 0.15) is 5.82 Å². The summed E-state index contributed by atoms with van der Waals surface area (Å²) in [5, 5.41) is 3.08. The monoisotopic (exact) mass is 580 g/mol. The van der Waals surface area contributed by atoms with Gasteiger partial charge in [0.2, 0.25) is 21.2 Å². The summed E-state index contributed by atoms with van der Waals surface area (Å²) in [6.07, 6.45) is -3.45. The minimum atomic E-state index is -4.91. The van der Waals surface area contributed by atoms with E-state index in [0.29, 0.717) is 16.6 Å². The molecular formula is C25H17F5N4O5S. The van der Waals surface area contributed by atoms with E-state index in [1.54, 1.807) is 12.1 Å². The lowest BCUT2D eigenvalue weighted by molar-refractivity contribution is -0.276. The molecule has 0 radical (unpaired) electrons. The number of amides is 1. The zero-order chi connectivity index (χ0) is 28.7. The SMILES string of the molecule is O=C(NCc1cc2nc(-c3cccc(OC(F)(F)F)n3)ccc2cn1)c1cc(F)c2c(c1)S(=O)(=O)[C@@H](F)COC2. The van der Waals surface area contributed by atoms with Crippen LogP contribution in [0.15, 0.2) is 59.6 Å². The number of sulfone groups is 1. The van der Waals surface area contributed by atoms with Crippen LogP contribution in [0.1, 0.15) is 21.6 Å². The molecule has 0 unspecified atom stereocenters. The topological polar surface area (TPSA) is 120 Å². The predicted octanol–water partition coefficient (Wildman–Crippen LogP) is 4.26. The Bertz CT molecular complexity index is 1730. The number of carbonyl (C=O) groups is 1. The van der Waals surface area contributed by atoms with Crippen molar-refractivity contribution in [2.75, 3.05) is 6.61 Å². The van der Waals surface area contributed by atoms with Gasteiger partial charge in [-0.2, -0.15) is 0 Å². The van der Waals surface area contributed by atoms with Crippen molar-refractivity contribution in [3.63, 3.8) is 0 Å². The molecule has 0 saturated heterocycles. The summed E-state index contributed by atoms with van der Waals surface area (Å²) in [7, 11) is -4.57. The number of benzene rings is 1. The molecule has 0 bridgehead atoms. The Kier molecular flexibility index (Phi) is 7.10. The fourth-order valence-corrected chi connectivity index (χ4v) is 5.26. The van der Waals surface area contributed by atoms with Crippen molar-refractivity contribution in [1.82, 2.24) is 20.3 Å². The van der Waals surface area contributed by atoms with Crippen molar-refractivity contribution in [2.24, 2.45) is 0 Å². The maximum atomic E-state index is 14.6. The highest BCUT2D eigenvalue weighted by molar-refractivity contribution is 7.92. The Balaban J connectivity index is 1.36. The second-order valence-electron chi connectivity index (χ2n) is 8.56. The molecule has 0 fully saturated rings. The third-order valence-electron chi connectivity index (χ3n) is 5.82. The van der Waals surface area contributed by atoms with E-state index in [0.717, 1.165) is 18.2 Å². The van der Waals surface area contributed by atoms with E-state index in [1.165, 1.54) is 24.4 Å². The molecule has 4 heterocycles. The summed E-state index contributed by atoms with van der Waals surface area (Å²) in [5.74, 6) is -2.52. The van der Waals surface area contributed by atoms with Crippen LogP contribution in [0, 0.1) is 5.82 Å². The van der Waals surface area contributed by atoms with E-state index in [1.807, 2.05) is 0 Å². The first-order chi connectivity index (χ1) is 18.9. The quantitative estimate of drug-likeness (QED) is 0.348. The Morgan fingerprint density at radius 1 is 1.10 bits per heavy atom. The van der Waals surface area contributed by atoms with Crippen molar-refractivity contribution in [3.8, 4) is 17.3 Å². The smallest absolute Gasteiger partial charge is 0.388 e. The van der Waals surface area contributed by atoms with Gasteiger partial charge in [-0.15, -0.1) is 13.2 Å². The molecule has 40 heavy (non-hydrogen) atoms. The van der Waals surface area contributed by atoms with Gasteiger partial charge >= 0.3 is 6.36 Å². The number of alkyl halides is 4. The summed E-state index contributed by atoms with van der Waals surface area (Å²) in [4.78, 5) is 24.5. The minimum absolute atomic E-state index is 0.122. The van der Waals surface area contributed by atoms with Gasteiger partial charge in [0.15, 0.2) is 0 Å². The van der Waals surface area contributed by atoms with Gasteiger partial charge < -0.3 is 14.8 Å². The van der Waals surface area contributed by atoms with Crippen LogP contribution in [0.3, 0.4) is 0 Å². The first kappa shape index (κ1) is 27.3. The molecule has 4 aromatic rings. The number of rotatable bonds is 5. The molecule has 1 atom stereocenters. The highest BCUT2D eigenvalue weighted by atomic mass is 32.2. The van der Waals surface area contributed by atoms with Gasteiger partial charge in [0.05, 0.1) is 47.3 Å². The van der Waals surface area contributed by atoms with Crippen molar-refractivity contribution >= 4 is 26.6 Å². The van der Waals surface area contributed by atoms with Gasteiger partial charge in [0, 0.05) is 28.8 Å². The zero-order valence-electron chi connectivity index (χ0n) is 20.1. The number of carbonyl (C=O) groups excluding carboxylic acids is 1. The van der Waals surface area contributed by atoms with Crippen LogP contribution >= 0.6 is 0 Å². The molecule has 208 valence electrons. The van der Waals surface area contributed by atoms with Gasteiger partial charge in [-0.1, -0.05) is 6.07 Å². The van der Waals surface area contributed by atoms with Crippen LogP contribution in [0.25, 0.3) is 22.3 Å².